The molecule has 3 aliphatic carbocycles. The second-order valence-corrected chi connectivity index (χ2v) is 6.92. The van der Waals surface area contributed by atoms with Crippen molar-refractivity contribution in [2.75, 3.05) is 12.0 Å². The largest absolute Gasteiger partial charge is 0.465 e. The number of allylic oxidation sites excluding steroid dienone is 2. The first-order valence-electron chi connectivity index (χ1n) is 7.97. The van der Waals surface area contributed by atoms with Crippen LogP contribution in [0.4, 0.5) is 5.69 Å². The Kier molecular flexibility index (Phi) is 3.49. The van der Waals surface area contributed by atoms with Crippen molar-refractivity contribution >= 4 is 35.1 Å². The summed E-state index contributed by atoms with van der Waals surface area (Å²) < 4.78 is 4.71. The van der Waals surface area contributed by atoms with E-state index in [4.69, 9.17) is 16.3 Å². The summed E-state index contributed by atoms with van der Waals surface area (Å²) in [6, 6.07) is 4.56. The molecular weight excluding hydrogens is 330 g/mol. The van der Waals surface area contributed by atoms with Gasteiger partial charge in [-0.25, -0.2) is 9.69 Å². The van der Waals surface area contributed by atoms with Crippen LogP contribution in [0.1, 0.15) is 23.2 Å². The highest BCUT2D eigenvalue weighted by Crippen LogP contribution is 2.50. The number of nitrogens with zero attached hydrogens (tertiary/aromatic N) is 1. The molecule has 0 unspecified atom stereocenters. The second kappa shape index (κ2) is 5.45. The Balaban J connectivity index is 1.74. The fourth-order valence-corrected chi connectivity index (χ4v) is 4.44. The third kappa shape index (κ3) is 2.04. The highest BCUT2D eigenvalue weighted by atomic mass is 35.5. The van der Waals surface area contributed by atoms with E-state index in [2.05, 4.69) is 12.2 Å². The number of ether oxygens (including phenoxy) is 1. The smallest absolute Gasteiger partial charge is 0.339 e. The minimum atomic E-state index is -0.597. The van der Waals surface area contributed by atoms with Crippen LogP contribution in [0.5, 0.6) is 0 Å². The zero-order valence-electron chi connectivity index (χ0n) is 13.1. The highest BCUT2D eigenvalue weighted by molar-refractivity contribution is 6.34. The number of anilines is 1. The van der Waals surface area contributed by atoms with Gasteiger partial charge in [0.05, 0.1) is 35.2 Å². The number of esters is 1. The lowest BCUT2D eigenvalue weighted by Gasteiger charge is -2.38. The Morgan fingerprint density at radius 1 is 1.12 bits per heavy atom. The lowest BCUT2D eigenvalue weighted by Crippen LogP contribution is -2.38. The molecule has 1 heterocycles. The molecule has 0 radical (unpaired) electrons. The molecule has 5 rings (SSSR count). The molecule has 1 aliphatic heterocycles. The van der Waals surface area contributed by atoms with Gasteiger partial charge in [0.15, 0.2) is 0 Å². The van der Waals surface area contributed by atoms with Crippen molar-refractivity contribution in [2.24, 2.45) is 23.7 Å². The Hall–Kier alpha value is -2.14. The number of carbonyl (C=O) groups excluding carboxylic acids is 3. The van der Waals surface area contributed by atoms with Gasteiger partial charge in [-0.3, -0.25) is 9.59 Å². The van der Waals surface area contributed by atoms with E-state index in [1.54, 1.807) is 6.07 Å². The Labute approximate surface area is 144 Å². The molecule has 4 atom stereocenters. The average Bonchev–Trinajstić information content (AvgIpc) is 2.89. The summed E-state index contributed by atoms with van der Waals surface area (Å²) in [6.07, 6.45) is 6.05. The minimum absolute atomic E-state index is 0.133. The van der Waals surface area contributed by atoms with Crippen LogP contribution in [-0.2, 0) is 14.3 Å². The molecule has 0 spiro atoms. The van der Waals surface area contributed by atoms with Crippen molar-refractivity contribution in [2.45, 2.75) is 12.8 Å². The molecular formula is C18H16ClNO4. The summed E-state index contributed by atoms with van der Waals surface area (Å²) in [6.45, 7) is 0. The van der Waals surface area contributed by atoms with Gasteiger partial charge in [0.1, 0.15) is 0 Å². The van der Waals surface area contributed by atoms with Crippen molar-refractivity contribution in [1.29, 1.82) is 0 Å². The van der Waals surface area contributed by atoms with E-state index in [1.165, 1.54) is 24.1 Å². The number of carbonyl (C=O) groups is 3. The first kappa shape index (κ1) is 15.4. The van der Waals surface area contributed by atoms with Gasteiger partial charge >= 0.3 is 5.97 Å². The van der Waals surface area contributed by atoms with E-state index in [9.17, 15) is 14.4 Å². The molecule has 0 N–H and O–H groups in total. The topological polar surface area (TPSA) is 63.7 Å². The summed E-state index contributed by atoms with van der Waals surface area (Å²) in [5.74, 6) is -1.25. The van der Waals surface area contributed by atoms with Gasteiger partial charge in [-0.15, -0.1) is 0 Å². The Morgan fingerprint density at radius 2 is 1.71 bits per heavy atom. The predicted molar refractivity (Wildman–Crippen MR) is 87.6 cm³/mol. The molecule has 5 nitrogen and oxygen atoms in total. The van der Waals surface area contributed by atoms with Gasteiger partial charge in [-0.05, 0) is 42.9 Å². The number of fused-ring (bicyclic) bond motifs is 1. The molecule has 1 saturated heterocycles. The van der Waals surface area contributed by atoms with Gasteiger partial charge in [0.2, 0.25) is 11.8 Å². The number of rotatable bonds is 2. The lowest BCUT2D eigenvalue weighted by molar-refractivity contribution is -0.124. The molecule has 24 heavy (non-hydrogen) atoms. The van der Waals surface area contributed by atoms with Crippen molar-refractivity contribution in [1.82, 2.24) is 0 Å². The monoisotopic (exact) mass is 345 g/mol. The minimum Gasteiger partial charge on any atom is -0.465 e. The average molecular weight is 346 g/mol. The first-order chi connectivity index (χ1) is 11.5. The lowest BCUT2D eigenvalue weighted by atomic mass is 9.63. The van der Waals surface area contributed by atoms with Crippen molar-refractivity contribution in [3.63, 3.8) is 0 Å². The fourth-order valence-electron chi connectivity index (χ4n) is 4.25. The maximum Gasteiger partial charge on any atom is 0.339 e. The van der Waals surface area contributed by atoms with Crippen LogP contribution in [0, 0.1) is 23.7 Å². The number of imide groups is 1. The third-order valence-corrected chi connectivity index (χ3v) is 5.70. The van der Waals surface area contributed by atoms with Gasteiger partial charge in [-0.1, -0.05) is 23.8 Å². The van der Waals surface area contributed by atoms with E-state index in [0.717, 1.165) is 12.8 Å². The molecule has 4 aliphatic rings. The molecule has 0 aromatic heterocycles. The number of hydrogen-bond donors (Lipinski definition) is 0. The molecule has 2 amide bonds. The van der Waals surface area contributed by atoms with Crippen LogP contribution in [0.15, 0.2) is 30.4 Å². The highest BCUT2D eigenvalue weighted by Gasteiger charge is 2.56. The molecule has 6 heteroatoms. The van der Waals surface area contributed by atoms with Crippen LogP contribution in [0.2, 0.25) is 5.02 Å². The summed E-state index contributed by atoms with van der Waals surface area (Å²) in [7, 11) is 1.26. The van der Waals surface area contributed by atoms with Crippen molar-refractivity contribution in [3.05, 3.63) is 40.9 Å². The molecule has 1 aromatic rings. The Morgan fingerprint density at radius 3 is 2.21 bits per heavy atom. The zero-order chi connectivity index (χ0) is 17.0. The van der Waals surface area contributed by atoms with E-state index in [1.807, 2.05) is 0 Å². The van der Waals surface area contributed by atoms with Crippen LogP contribution in [0.3, 0.4) is 0 Å². The first-order valence-corrected chi connectivity index (χ1v) is 8.34. The maximum absolute atomic E-state index is 12.9. The van der Waals surface area contributed by atoms with Crippen LogP contribution < -0.4 is 4.90 Å². The second-order valence-electron chi connectivity index (χ2n) is 6.51. The summed E-state index contributed by atoms with van der Waals surface area (Å²) in [5.41, 5.74) is 0.525. The SMILES string of the molecule is COC(=O)c1cc(N2C(=O)[C@@H]3[C@@H](C2=O)[C@@H]2C=C[C@@H]3CC2)ccc1Cl. The van der Waals surface area contributed by atoms with E-state index in [0.29, 0.717) is 5.69 Å². The number of benzene rings is 1. The van der Waals surface area contributed by atoms with Crippen molar-refractivity contribution in [3.8, 4) is 0 Å². The van der Waals surface area contributed by atoms with Gasteiger partial charge in [0.25, 0.3) is 0 Å². The number of methoxy groups -OCH3 is 1. The van der Waals surface area contributed by atoms with Crippen LogP contribution in [-0.4, -0.2) is 24.9 Å². The van der Waals surface area contributed by atoms with Crippen molar-refractivity contribution < 1.29 is 19.1 Å². The molecule has 2 fully saturated rings. The number of halogens is 1. The van der Waals surface area contributed by atoms with Crippen LogP contribution >= 0.6 is 11.6 Å². The zero-order valence-corrected chi connectivity index (χ0v) is 13.8. The van der Waals surface area contributed by atoms with Gasteiger partial charge in [-0.2, -0.15) is 0 Å². The molecule has 124 valence electrons. The van der Waals surface area contributed by atoms with Gasteiger partial charge < -0.3 is 4.74 Å². The summed E-state index contributed by atoms with van der Waals surface area (Å²) in [5, 5.41) is 0.226. The van der Waals surface area contributed by atoms with E-state index >= 15 is 0 Å². The predicted octanol–water partition coefficient (Wildman–Crippen LogP) is 2.83. The molecule has 2 bridgehead atoms. The number of amides is 2. The third-order valence-electron chi connectivity index (χ3n) is 5.37. The number of hydrogen-bond acceptors (Lipinski definition) is 4. The Bertz CT molecular complexity index is 755. The molecule has 1 saturated carbocycles. The standard InChI is InChI=1S/C18H16ClNO4/c1-24-18(23)12-8-11(6-7-13(12)19)20-16(21)14-9-2-3-10(5-4-9)15(14)17(20)22/h2-3,6-10,14-15H,4-5H2,1H3/t9-,10-,14+,15+/m1/s1. The van der Waals surface area contributed by atoms with E-state index < -0.39 is 5.97 Å². The fraction of sp³-hybridized carbons (Fsp3) is 0.389. The normalized spacial score (nSPS) is 30.7. The van der Waals surface area contributed by atoms with Gasteiger partial charge in [0, 0.05) is 0 Å². The van der Waals surface area contributed by atoms with Crippen LogP contribution in [0.25, 0.3) is 0 Å². The summed E-state index contributed by atoms with van der Waals surface area (Å²) >= 11 is 6.03. The quantitative estimate of drug-likeness (QED) is 0.469. The molecule has 1 aromatic carbocycles. The van der Waals surface area contributed by atoms with E-state index in [-0.39, 0.29) is 46.1 Å². The summed E-state index contributed by atoms with van der Waals surface area (Å²) in [4.78, 5) is 38.8. The maximum atomic E-state index is 12.9.